The number of carbonyl (C=O) groups is 1. The van der Waals surface area contributed by atoms with Gasteiger partial charge in [0.15, 0.2) is 5.82 Å². The lowest BCUT2D eigenvalue weighted by Gasteiger charge is -2.32. The summed E-state index contributed by atoms with van der Waals surface area (Å²) < 4.78 is 10.4. The van der Waals surface area contributed by atoms with E-state index in [4.69, 9.17) is 9.26 Å². The smallest absolute Gasteiger partial charge is 0.318 e. The summed E-state index contributed by atoms with van der Waals surface area (Å²) >= 11 is 0. The van der Waals surface area contributed by atoms with Gasteiger partial charge in [-0.05, 0) is 26.2 Å². The average Bonchev–Trinajstić information content (AvgIpc) is 2.91. The number of carbonyl (C=O) groups excluding carboxylic acids is 1. The van der Waals surface area contributed by atoms with Crippen molar-refractivity contribution in [2.24, 2.45) is 0 Å². The fraction of sp³-hybridized carbons (Fsp3) is 0.769. The van der Waals surface area contributed by atoms with E-state index in [2.05, 4.69) is 15.5 Å². The maximum absolute atomic E-state index is 12.2. The summed E-state index contributed by atoms with van der Waals surface area (Å²) in [5, 5.41) is 6.71. The third-order valence-corrected chi connectivity index (χ3v) is 3.61. The minimum absolute atomic E-state index is 0.0812. The zero-order valence-electron chi connectivity index (χ0n) is 12.3. The van der Waals surface area contributed by atoms with Crippen molar-refractivity contribution in [3.8, 4) is 0 Å². The van der Waals surface area contributed by atoms with Crippen LogP contribution in [-0.4, -0.2) is 47.4 Å². The van der Waals surface area contributed by atoms with Gasteiger partial charge in [-0.25, -0.2) is 4.79 Å². The van der Waals surface area contributed by atoms with Gasteiger partial charge in [0, 0.05) is 20.2 Å². The van der Waals surface area contributed by atoms with Crippen LogP contribution >= 0.6 is 0 Å². The number of rotatable bonds is 4. The quantitative estimate of drug-likeness (QED) is 0.908. The van der Waals surface area contributed by atoms with E-state index in [0.29, 0.717) is 31.2 Å². The molecule has 1 unspecified atom stereocenters. The molecule has 7 nitrogen and oxygen atoms in total. The number of nitrogens with zero attached hydrogens (tertiary/aromatic N) is 3. The fourth-order valence-electron chi connectivity index (χ4n) is 2.33. The highest BCUT2D eigenvalue weighted by Crippen LogP contribution is 2.17. The van der Waals surface area contributed by atoms with Crippen LogP contribution in [0.15, 0.2) is 4.52 Å². The molecule has 2 amide bonds. The van der Waals surface area contributed by atoms with Crippen molar-refractivity contribution >= 4 is 6.03 Å². The summed E-state index contributed by atoms with van der Waals surface area (Å²) in [5.74, 6) is 1.04. The summed E-state index contributed by atoms with van der Waals surface area (Å²) in [6, 6.07) is -0.314. The van der Waals surface area contributed by atoms with Gasteiger partial charge in [-0.2, -0.15) is 4.98 Å². The SMILES string of the molecule is CCC(NC(=O)N1CCC(OC)CC1)c1nc(C)no1. The van der Waals surface area contributed by atoms with Crippen LogP contribution in [0.25, 0.3) is 0 Å². The van der Waals surface area contributed by atoms with E-state index >= 15 is 0 Å². The van der Waals surface area contributed by atoms with Crippen molar-refractivity contribution in [2.75, 3.05) is 20.2 Å². The molecule has 1 aromatic rings. The molecular weight excluding hydrogens is 260 g/mol. The second-order valence-electron chi connectivity index (χ2n) is 5.01. The number of amides is 2. The number of aromatic nitrogens is 2. The molecule has 2 rings (SSSR count). The lowest BCUT2D eigenvalue weighted by molar-refractivity contribution is 0.0497. The third-order valence-electron chi connectivity index (χ3n) is 3.61. The Morgan fingerprint density at radius 1 is 1.55 bits per heavy atom. The highest BCUT2D eigenvalue weighted by atomic mass is 16.5. The Kier molecular flexibility index (Phi) is 4.94. The zero-order chi connectivity index (χ0) is 14.5. The number of nitrogens with one attached hydrogen (secondary N) is 1. The standard InChI is InChI=1S/C13H22N4O3/c1-4-11(12-14-9(2)16-20-12)15-13(18)17-7-5-10(19-3)6-8-17/h10-11H,4-8H2,1-3H3,(H,15,18). The first-order chi connectivity index (χ1) is 9.63. The molecule has 0 saturated carbocycles. The molecule has 1 aliphatic heterocycles. The average molecular weight is 282 g/mol. The highest BCUT2D eigenvalue weighted by molar-refractivity contribution is 5.74. The van der Waals surface area contributed by atoms with Crippen LogP contribution < -0.4 is 5.32 Å². The van der Waals surface area contributed by atoms with E-state index < -0.39 is 0 Å². The van der Waals surface area contributed by atoms with Gasteiger partial charge < -0.3 is 19.5 Å². The number of hydrogen-bond acceptors (Lipinski definition) is 5. The summed E-state index contributed by atoms with van der Waals surface area (Å²) in [4.78, 5) is 18.2. The molecule has 7 heteroatoms. The first-order valence-electron chi connectivity index (χ1n) is 7.02. The number of ether oxygens (including phenoxy) is 1. The molecule has 0 bridgehead atoms. The number of hydrogen-bond donors (Lipinski definition) is 1. The number of aryl methyl sites for hydroxylation is 1. The molecule has 20 heavy (non-hydrogen) atoms. The van der Waals surface area contributed by atoms with Gasteiger partial charge in [0.2, 0.25) is 5.89 Å². The van der Waals surface area contributed by atoms with Gasteiger partial charge in [-0.15, -0.1) is 0 Å². The van der Waals surface area contributed by atoms with Gasteiger partial charge in [0.05, 0.1) is 6.10 Å². The normalized spacial score (nSPS) is 18.1. The minimum Gasteiger partial charge on any atom is -0.381 e. The summed E-state index contributed by atoms with van der Waals surface area (Å²) in [7, 11) is 1.71. The molecule has 1 aliphatic rings. The molecule has 112 valence electrons. The van der Waals surface area contributed by atoms with Crippen molar-refractivity contribution in [3.63, 3.8) is 0 Å². The Hall–Kier alpha value is -1.63. The zero-order valence-corrected chi connectivity index (χ0v) is 12.3. The molecule has 1 fully saturated rings. The van der Waals surface area contributed by atoms with E-state index in [1.165, 1.54) is 0 Å². The maximum Gasteiger partial charge on any atom is 0.318 e. The third kappa shape index (κ3) is 3.47. The van der Waals surface area contributed by atoms with Gasteiger partial charge >= 0.3 is 6.03 Å². The molecular formula is C13H22N4O3. The number of piperidine rings is 1. The Bertz CT molecular complexity index is 441. The van der Waals surface area contributed by atoms with Gasteiger partial charge in [-0.1, -0.05) is 12.1 Å². The largest absolute Gasteiger partial charge is 0.381 e. The highest BCUT2D eigenvalue weighted by Gasteiger charge is 2.25. The molecule has 1 atom stereocenters. The lowest BCUT2D eigenvalue weighted by Crippen LogP contribution is -2.46. The predicted molar refractivity (Wildman–Crippen MR) is 72.2 cm³/mol. The van der Waals surface area contributed by atoms with Crippen molar-refractivity contribution < 1.29 is 14.1 Å². The Labute approximate surface area is 118 Å². The molecule has 2 heterocycles. The predicted octanol–water partition coefficient (Wildman–Crippen LogP) is 1.65. The van der Waals surface area contributed by atoms with E-state index in [9.17, 15) is 4.79 Å². The van der Waals surface area contributed by atoms with Crippen LogP contribution in [0, 0.1) is 6.92 Å². The Balaban J connectivity index is 1.90. The molecule has 1 aromatic heterocycles. The Morgan fingerprint density at radius 2 is 2.25 bits per heavy atom. The molecule has 1 N–H and O–H groups in total. The fourth-order valence-corrected chi connectivity index (χ4v) is 2.33. The van der Waals surface area contributed by atoms with Crippen LogP contribution in [0.5, 0.6) is 0 Å². The van der Waals surface area contributed by atoms with Gasteiger partial charge in [0.25, 0.3) is 0 Å². The topological polar surface area (TPSA) is 80.5 Å². The van der Waals surface area contributed by atoms with Crippen LogP contribution in [-0.2, 0) is 4.74 Å². The molecule has 0 aliphatic carbocycles. The van der Waals surface area contributed by atoms with Crippen molar-refractivity contribution in [1.82, 2.24) is 20.4 Å². The summed E-state index contributed by atoms with van der Waals surface area (Å²) in [5.41, 5.74) is 0. The van der Waals surface area contributed by atoms with Crippen molar-refractivity contribution in [2.45, 2.75) is 45.3 Å². The van der Waals surface area contributed by atoms with Crippen LogP contribution in [0.3, 0.4) is 0 Å². The number of likely N-dealkylation sites (tertiary alicyclic amines) is 1. The number of urea groups is 1. The first kappa shape index (κ1) is 14.8. The number of methoxy groups -OCH3 is 1. The van der Waals surface area contributed by atoms with Crippen molar-refractivity contribution in [1.29, 1.82) is 0 Å². The van der Waals surface area contributed by atoms with E-state index in [-0.39, 0.29) is 18.2 Å². The monoisotopic (exact) mass is 282 g/mol. The van der Waals surface area contributed by atoms with Gasteiger partial charge in [0.1, 0.15) is 6.04 Å². The summed E-state index contributed by atoms with van der Waals surface area (Å²) in [6.45, 7) is 5.16. The van der Waals surface area contributed by atoms with Crippen LogP contribution in [0.4, 0.5) is 4.79 Å². The summed E-state index contributed by atoms with van der Waals surface area (Å²) in [6.07, 6.45) is 2.72. The second kappa shape index (κ2) is 6.69. The van der Waals surface area contributed by atoms with Crippen LogP contribution in [0.2, 0.25) is 0 Å². The Morgan fingerprint density at radius 3 is 2.75 bits per heavy atom. The van der Waals surface area contributed by atoms with E-state index in [0.717, 1.165) is 12.8 Å². The molecule has 0 radical (unpaired) electrons. The van der Waals surface area contributed by atoms with Crippen LogP contribution in [0.1, 0.15) is 43.9 Å². The molecule has 0 spiro atoms. The molecule has 0 aromatic carbocycles. The first-order valence-corrected chi connectivity index (χ1v) is 7.02. The minimum atomic E-state index is -0.233. The lowest BCUT2D eigenvalue weighted by atomic mass is 10.1. The second-order valence-corrected chi connectivity index (χ2v) is 5.01. The van der Waals surface area contributed by atoms with E-state index in [1.54, 1.807) is 18.9 Å². The van der Waals surface area contributed by atoms with Gasteiger partial charge in [-0.3, -0.25) is 0 Å². The molecule has 1 saturated heterocycles. The van der Waals surface area contributed by atoms with Crippen molar-refractivity contribution in [3.05, 3.63) is 11.7 Å². The maximum atomic E-state index is 12.2. The van der Waals surface area contributed by atoms with E-state index in [1.807, 2.05) is 6.92 Å².